The smallest absolute Gasteiger partial charge is 0.256 e. The fourth-order valence-corrected chi connectivity index (χ4v) is 3.60. The number of nitrogens with two attached hydrogens (primary N) is 1. The number of ether oxygens (including phenoxy) is 2. The van der Waals surface area contributed by atoms with Crippen molar-refractivity contribution in [3.63, 3.8) is 0 Å². The van der Waals surface area contributed by atoms with Gasteiger partial charge < -0.3 is 20.2 Å². The molecule has 0 fully saturated rings. The highest BCUT2D eigenvalue weighted by Gasteiger charge is 2.35. The molecule has 0 radical (unpaired) electrons. The van der Waals surface area contributed by atoms with Gasteiger partial charge in [0.2, 0.25) is 0 Å². The number of benzene rings is 2. The molecule has 0 aliphatic rings. The summed E-state index contributed by atoms with van der Waals surface area (Å²) in [4.78, 5) is 14.8. The normalized spacial score (nSPS) is 12.2. The zero-order chi connectivity index (χ0) is 23.4. The van der Waals surface area contributed by atoms with Gasteiger partial charge in [-0.2, -0.15) is 5.10 Å². The van der Waals surface area contributed by atoms with Gasteiger partial charge in [-0.3, -0.25) is 4.79 Å². The third kappa shape index (κ3) is 9.24. The number of carbonyl (C=O) groups is 1. The fourth-order valence-electron chi connectivity index (χ4n) is 3.46. The lowest BCUT2D eigenvalue weighted by molar-refractivity contribution is -0.123. The van der Waals surface area contributed by atoms with Crippen LogP contribution in [0.2, 0.25) is 0 Å². The Hall–Kier alpha value is -2.28. The Kier molecular flexibility index (Phi) is 12.9. The van der Waals surface area contributed by atoms with Crippen LogP contribution in [0.5, 0.6) is 5.75 Å². The number of rotatable bonds is 13. The Morgan fingerprint density at radius 3 is 2.33 bits per heavy atom. The SMILES string of the molecule is CC(CCl)N(C(=O)c1ccccc1)C(C)(C)OCCCCCOc1ccc(/C=N/N)cc1.Cl. The standard InChI is InChI=1S/C25H34ClN3O3.ClH/c1-20(18-26)29(24(30)22-10-6-4-7-11-22)25(2,3)32-17-9-5-8-16-31-23-14-12-21(13-15-23)19-28-27;/h4,6-7,10-15,19-20H,5,8-9,16-18,27H2,1-3H3;1H/b28-19+;. The molecule has 0 saturated heterocycles. The van der Waals surface area contributed by atoms with Crippen LogP contribution < -0.4 is 10.6 Å². The highest BCUT2D eigenvalue weighted by molar-refractivity contribution is 6.18. The molecule has 0 heterocycles. The summed E-state index contributed by atoms with van der Waals surface area (Å²) in [5, 5.41) is 3.50. The minimum absolute atomic E-state index is 0. The van der Waals surface area contributed by atoms with E-state index < -0.39 is 5.72 Å². The van der Waals surface area contributed by atoms with Crippen LogP contribution in [0.4, 0.5) is 0 Å². The van der Waals surface area contributed by atoms with Gasteiger partial charge in [0.25, 0.3) is 5.91 Å². The van der Waals surface area contributed by atoms with E-state index in [1.807, 2.05) is 75.4 Å². The highest BCUT2D eigenvalue weighted by Crippen LogP contribution is 2.24. The molecular formula is C25H35Cl2N3O3. The lowest BCUT2D eigenvalue weighted by atomic mass is 10.1. The van der Waals surface area contributed by atoms with Crippen molar-refractivity contribution in [2.75, 3.05) is 19.1 Å². The van der Waals surface area contributed by atoms with Gasteiger partial charge in [0, 0.05) is 24.1 Å². The molecule has 1 atom stereocenters. The van der Waals surface area contributed by atoms with Gasteiger partial charge in [0.1, 0.15) is 11.5 Å². The first-order valence-electron chi connectivity index (χ1n) is 10.9. The van der Waals surface area contributed by atoms with Gasteiger partial charge in [-0.1, -0.05) is 18.2 Å². The molecule has 0 bridgehead atoms. The maximum absolute atomic E-state index is 13.1. The van der Waals surface area contributed by atoms with E-state index in [9.17, 15) is 4.79 Å². The van der Waals surface area contributed by atoms with Crippen LogP contribution in [0.1, 0.15) is 56.0 Å². The Morgan fingerprint density at radius 2 is 1.73 bits per heavy atom. The van der Waals surface area contributed by atoms with Crippen LogP contribution >= 0.6 is 24.0 Å². The van der Waals surface area contributed by atoms with E-state index in [-0.39, 0.29) is 24.4 Å². The minimum atomic E-state index is -0.772. The van der Waals surface area contributed by atoms with E-state index in [1.54, 1.807) is 11.1 Å². The van der Waals surface area contributed by atoms with Gasteiger partial charge in [0.15, 0.2) is 0 Å². The number of halogens is 2. The molecule has 1 unspecified atom stereocenters. The predicted molar refractivity (Wildman–Crippen MR) is 138 cm³/mol. The molecule has 0 aromatic heterocycles. The van der Waals surface area contributed by atoms with E-state index >= 15 is 0 Å². The molecule has 0 aliphatic heterocycles. The van der Waals surface area contributed by atoms with Gasteiger partial charge in [-0.15, -0.1) is 24.0 Å². The van der Waals surface area contributed by atoms with Crippen LogP contribution in [0.25, 0.3) is 0 Å². The number of amides is 1. The van der Waals surface area contributed by atoms with Crippen molar-refractivity contribution in [2.45, 2.75) is 51.8 Å². The zero-order valence-corrected chi connectivity index (χ0v) is 21.1. The van der Waals surface area contributed by atoms with Crippen LogP contribution in [0.3, 0.4) is 0 Å². The second-order valence-electron chi connectivity index (χ2n) is 8.10. The molecule has 6 nitrogen and oxygen atoms in total. The van der Waals surface area contributed by atoms with E-state index in [0.717, 1.165) is 30.6 Å². The average Bonchev–Trinajstić information content (AvgIpc) is 2.80. The fraction of sp³-hybridized carbons (Fsp3) is 0.440. The Labute approximate surface area is 208 Å². The molecular weight excluding hydrogens is 461 g/mol. The summed E-state index contributed by atoms with van der Waals surface area (Å²) < 4.78 is 11.9. The van der Waals surface area contributed by atoms with Crippen molar-refractivity contribution in [1.82, 2.24) is 4.90 Å². The summed E-state index contributed by atoms with van der Waals surface area (Å²) in [7, 11) is 0. The topological polar surface area (TPSA) is 77.2 Å². The number of hydrazone groups is 1. The molecule has 2 aromatic carbocycles. The number of nitrogens with zero attached hydrogens (tertiary/aromatic N) is 2. The first-order valence-corrected chi connectivity index (χ1v) is 11.5. The molecule has 182 valence electrons. The molecule has 0 aliphatic carbocycles. The van der Waals surface area contributed by atoms with Gasteiger partial charge >= 0.3 is 0 Å². The number of unbranched alkanes of at least 4 members (excludes halogenated alkanes) is 2. The number of hydrogen-bond donors (Lipinski definition) is 1. The maximum atomic E-state index is 13.1. The summed E-state index contributed by atoms with van der Waals surface area (Å²) in [6.45, 7) is 6.95. The Balaban J connectivity index is 0.00000544. The van der Waals surface area contributed by atoms with Crippen LogP contribution in [-0.4, -0.2) is 47.9 Å². The molecule has 1 amide bonds. The highest BCUT2D eigenvalue weighted by atomic mass is 35.5. The van der Waals surface area contributed by atoms with Crippen LogP contribution in [0, 0.1) is 0 Å². The monoisotopic (exact) mass is 495 g/mol. The van der Waals surface area contributed by atoms with Crippen LogP contribution in [-0.2, 0) is 4.74 Å². The van der Waals surface area contributed by atoms with Crippen molar-refractivity contribution < 1.29 is 14.3 Å². The largest absolute Gasteiger partial charge is 0.494 e. The third-order valence-electron chi connectivity index (χ3n) is 5.10. The van der Waals surface area contributed by atoms with Crippen molar-refractivity contribution in [1.29, 1.82) is 0 Å². The van der Waals surface area contributed by atoms with E-state index in [2.05, 4.69) is 5.10 Å². The molecule has 2 N–H and O–H groups in total. The first kappa shape index (κ1) is 28.8. The zero-order valence-electron chi connectivity index (χ0n) is 19.6. The molecule has 2 rings (SSSR count). The lowest BCUT2D eigenvalue weighted by Gasteiger charge is -2.42. The molecule has 8 heteroatoms. The summed E-state index contributed by atoms with van der Waals surface area (Å²) in [5.74, 6) is 6.22. The Bertz CT molecular complexity index is 846. The van der Waals surface area contributed by atoms with Crippen molar-refractivity contribution >= 4 is 36.1 Å². The van der Waals surface area contributed by atoms with E-state index in [1.165, 1.54) is 0 Å². The number of carbonyl (C=O) groups excluding carboxylic acids is 1. The summed E-state index contributed by atoms with van der Waals surface area (Å²) in [6, 6.07) is 16.7. The molecule has 33 heavy (non-hydrogen) atoms. The predicted octanol–water partition coefficient (Wildman–Crippen LogP) is 5.47. The van der Waals surface area contributed by atoms with E-state index in [0.29, 0.717) is 24.7 Å². The van der Waals surface area contributed by atoms with E-state index in [4.69, 9.17) is 26.9 Å². The van der Waals surface area contributed by atoms with Gasteiger partial charge in [-0.05, 0) is 82.0 Å². The number of hydrogen-bond acceptors (Lipinski definition) is 5. The number of alkyl halides is 1. The van der Waals surface area contributed by atoms with Crippen molar-refractivity contribution in [3.05, 3.63) is 65.7 Å². The molecule has 0 saturated carbocycles. The first-order chi connectivity index (χ1) is 15.4. The molecule has 2 aromatic rings. The Morgan fingerprint density at radius 1 is 1.09 bits per heavy atom. The average molecular weight is 496 g/mol. The molecule has 0 spiro atoms. The van der Waals surface area contributed by atoms with Gasteiger partial charge in [0.05, 0.1) is 12.8 Å². The second kappa shape index (κ2) is 14.8. The summed E-state index contributed by atoms with van der Waals surface area (Å²) in [5.41, 5.74) is 0.788. The maximum Gasteiger partial charge on any atom is 0.256 e. The van der Waals surface area contributed by atoms with Gasteiger partial charge in [-0.25, -0.2) is 0 Å². The van der Waals surface area contributed by atoms with Crippen molar-refractivity contribution in [2.24, 2.45) is 10.9 Å². The van der Waals surface area contributed by atoms with Crippen LogP contribution in [0.15, 0.2) is 59.7 Å². The summed E-state index contributed by atoms with van der Waals surface area (Å²) >= 11 is 6.10. The third-order valence-corrected chi connectivity index (χ3v) is 5.55. The quantitative estimate of drug-likeness (QED) is 0.0996. The second-order valence-corrected chi connectivity index (χ2v) is 8.40. The summed E-state index contributed by atoms with van der Waals surface area (Å²) in [6.07, 6.45) is 4.35. The lowest BCUT2D eigenvalue weighted by Crippen LogP contribution is -2.54. The minimum Gasteiger partial charge on any atom is -0.494 e. The van der Waals surface area contributed by atoms with Crippen molar-refractivity contribution in [3.8, 4) is 5.75 Å².